The van der Waals surface area contributed by atoms with Crippen LogP contribution in [0.2, 0.25) is 5.02 Å². The molecule has 0 fully saturated rings. The fraction of sp³-hybridized carbons (Fsp3) is 0.263. The molecule has 0 radical (unpaired) electrons. The highest BCUT2D eigenvalue weighted by Crippen LogP contribution is 2.23. The molecule has 0 aliphatic rings. The second kappa shape index (κ2) is 8.12. The minimum Gasteiger partial charge on any atom is -0.326 e. The van der Waals surface area contributed by atoms with E-state index in [0.29, 0.717) is 5.69 Å². The SMILES string of the molecule is CC(=O)N(CCC(=O)Nc1ccc(F)c(Cl)c1)c1cccc(C)c1C. The number of carbonyl (C=O) groups is 2. The summed E-state index contributed by atoms with van der Waals surface area (Å²) < 4.78 is 13.1. The zero-order valence-corrected chi connectivity index (χ0v) is 15.2. The van der Waals surface area contributed by atoms with Gasteiger partial charge in [-0.3, -0.25) is 9.59 Å². The van der Waals surface area contributed by atoms with E-state index in [9.17, 15) is 14.0 Å². The molecule has 2 amide bonds. The molecule has 0 aromatic heterocycles. The van der Waals surface area contributed by atoms with Crippen molar-refractivity contribution >= 4 is 34.8 Å². The number of hydrogen-bond donors (Lipinski definition) is 1. The third kappa shape index (κ3) is 4.79. The summed E-state index contributed by atoms with van der Waals surface area (Å²) in [6, 6.07) is 9.70. The number of nitrogens with zero attached hydrogens (tertiary/aromatic N) is 1. The molecule has 1 N–H and O–H groups in total. The molecule has 2 rings (SSSR count). The maximum Gasteiger partial charge on any atom is 0.226 e. The van der Waals surface area contributed by atoms with Gasteiger partial charge in [0.25, 0.3) is 0 Å². The number of amides is 2. The van der Waals surface area contributed by atoms with E-state index in [1.807, 2.05) is 32.0 Å². The molecule has 0 spiro atoms. The van der Waals surface area contributed by atoms with Gasteiger partial charge in [0.05, 0.1) is 5.02 Å². The Labute approximate surface area is 151 Å². The molecule has 4 nitrogen and oxygen atoms in total. The summed E-state index contributed by atoms with van der Waals surface area (Å²) in [6.45, 7) is 5.64. The third-order valence-electron chi connectivity index (χ3n) is 4.01. The van der Waals surface area contributed by atoms with Crippen molar-refractivity contribution in [1.82, 2.24) is 0 Å². The lowest BCUT2D eigenvalue weighted by Crippen LogP contribution is -2.32. The van der Waals surface area contributed by atoms with Gasteiger partial charge in [-0.2, -0.15) is 0 Å². The van der Waals surface area contributed by atoms with E-state index in [4.69, 9.17) is 11.6 Å². The van der Waals surface area contributed by atoms with E-state index in [1.165, 1.54) is 25.1 Å². The Balaban J connectivity index is 2.05. The normalized spacial score (nSPS) is 10.4. The van der Waals surface area contributed by atoms with Gasteiger partial charge in [-0.25, -0.2) is 4.39 Å². The molecular formula is C19H20ClFN2O2. The van der Waals surface area contributed by atoms with Gasteiger partial charge in [-0.1, -0.05) is 23.7 Å². The molecule has 0 saturated heterocycles. The number of hydrogen-bond acceptors (Lipinski definition) is 2. The van der Waals surface area contributed by atoms with Crippen molar-refractivity contribution in [2.24, 2.45) is 0 Å². The van der Waals surface area contributed by atoms with Crippen molar-refractivity contribution in [3.8, 4) is 0 Å². The third-order valence-corrected chi connectivity index (χ3v) is 4.30. The number of aryl methyl sites for hydroxylation is 1. The molecule has 6 heteroatoms. The second-order valence-corrected chi connectivity index (χ2v) is 6.22. The van der Waals surface area contributed by atoms with Crippen LogP contribution >= 0.6 is 11.6 Å². The zero-order chi connectivity index (χ0) is 18.6. The molecule has 0 aliphatic heterocycles. The standard InChI is InChI=1S/C19H20ClFN2O2/c1-12-5-4-6-18(13(12)2)23(14(3)24)10-9-19(25)22-15-7-8-17(21)16(20)11-15/h4-8,11H,9-10H2,1-3H3,(H,22,25). The van der Waals surface area contributed by atoms with Crippen LogP contribution in [0.4, 0.5) is 15.8 Å². The lowest BCUT2D eigenvalue weighted by atomic mass is 10.1. The van der Waals surface area contributed by atoms with Crippen molar-refractivity contribution in [2.75, 3.05) is 16.8 Å². The van der Waals surface area contributed by atoms with Crippen molar-refractivity contribution in [3.63, 3.8) is 0 Å². The van der Waals surface area contributed by atoms with Crippen molar-refractivity contribution in [3.05, 3.63) is 58.4 Å². The molecule has 0 heterocycles. The first kappa shape index (κ1) is 18.9. The van der Waals surface area contributed by atoms with Crippen LogP contribution in [0.1, 0.15) is 24.5 Å². The highest BCUT2D eigenvalue weighted by atomic mass is 35.5. The monoisotopic (exact) mass is 362 g/mol. The molecule has 0 saturated carbocycles. The van der Waals surface area contributed by atoms with Crippen molar-refractivity contribution in [1.29, 1.82) is 0 Å². The first-order valence-electron chi connectivity index (χ1n) is 7.89. The molecule has 0 unspecified atom stereocenters. The molecule has 25 heavy (non-hydrogen) atoms. The van der Waals surface area contributed by atoms with E-state index in [1.54, 1.807) is 4.90 Å². The van der Waals surface area contributed by atoms with Crippen LogP contribution < -0.4 is 10.2 Å². The predicted molar refractivity (Wildman–Crippen MR) is 98.6 cm³/mol. The van der Waals surface area contributed by atoms with E-state index in [2.05, 4.69) is 5.32 Å². The molecule has 2 aromatic rings. The molecule has 0 bridgehead atoms. The molecule has 0 atom stereocenters. The first-order valence-corrected chi connectivity index (χ1v) is 8.26. The largest absolute Gasteiger partial charge is 0.326 e. The van der Waals surface area contributed by atoms with Crippen LogP contribution in [0.3, 0.4) is 0 Å². The first-order chi connectivity index (χ1) is 11.8. The minimum absolute atomic E-state index is 0.0569. The summed E-state index contributed by atoms with van der Waals surface area (Å²) in [5.41, 5.74) is 3.29. The number of halogens is 2. The van der Waals surface area contributed by atoms with Crippen LogP contribution in [-0.4, -0.2) is 18.4 Å². The second-order valence-electron chi connectivity index (χ2n) is 5.82. The predicted octanol–water partition coefficient (Wildman–Crippen LogP) is 4.48. The number of nitrogens with one attached hydrogen (secondary N) is 1. The highest BCUT2D eigenvalue weighted by Gasteiger charge is 2.16. The van der Waals surface area contributed by atoms with Gasteiger partial charge in [-0.15, -0.1) is 0 Å². The topological polar surface area (TPSA) is 49.4 Å². The summed E-state index contributed by atoms with van der Waals surface area (Å²) in [5, 5.41) is 2.60. The van der Waals surface area contributed by atoms with Gasteiger partial charge in [-0.05, 0) is 49.2 Å². The minimum atomic E-state index is -0.544. The van der Waals surface area contributed by atoms with Crippen molar-refractivity contribution < 1.29 is 14.0 Å². The lowest BCUT2D eigenvalue weighted by molar-refractivity contribution is -0.117. The lowest BCUT2D eigenvalue weighted by Gasteiger charge is -2.23. The maximum atomic E-state index is 13.1. The Kier molecular flexibility index (Phi) is 6.15. The Hall–Kier alpha value is -2.40. The number of rotatable bonds is 5. The summed E-state index contributed by atoms with van der Waals surface area (Å²) in [7, 11) is 0. The zero-order valence-electron chi connectivity index (χ0n) is 14.4. The fourth-order valence-corrected chi connectivity index (χ4v) is 2.67. The van der Waals surface area contributed by atoms with E-state index < -0.39 is 5.82 Å². The highest BCUT2D eigenvalue weighted by molar-refractivity contribution is 6.31. The number of carbonyl (C=O) groups excluding carboxylic acids is 2. The van der Waals surface area contributed by atoms with Crippen LogP contribution in [0.25, 0.3) is 0 Å². The van der Waals surface area contributed by atoms with Crippen LogP contribution in [0.15, 0.2) is 36.4 Å². The van der Waals surface area contributed by atoms with Gasteiger partial charge >= 0.3 is 0 Å². The summed E-state index contributed by atoms with van der Waals surface area (Å²) in [4.78, 5) is 25.7. The average Bonchev–Trinajstić information content (AvgIpc) is 2.54. The quantitative estimate of drug-likeness (QED) is 0.852. The van der Waals surface area contributed by atoms with Crippen LogP contribution in [0.5, 0.6) is 0 Å². The molecule has 2 aromatic carbocycles. The summed E-state index contributed by atoms with van der Waals surface area (Å²) >= 11 is 5.70. The van der Waals surface area contributed by atoms with E-state index in [-0.39, 0.29) is 29.8 Å². The Morgan fingerprint density at radius 2 is 1.92 bits per heavy atom. The molecule has 132 valence electrons. The molecular weight excluding hydrogens is 343 g/mol. The summed E-state index contributed by atoms with van der Waals surface area (Å²) in [5.74, 6) is -0.956. The maximum absolute atomic E-state index is 13.1. The Morgan fingerprint density at radius 3 is 2.56 bits per heavy atom. The fourth-order valence-electron chi connectivity index (χ4n) is 2.49. The summed E-state index contributed by atoms with van der Waals surface area (Å²) in [6.07, 6.45) is 0.113. The van der Waals surface area contributed by atoms with Crippen LogP contribution in [0, 0.1) is 19.7 Å². The average molecular weight is 363 g/mol. The van der Waals surface area contributed by atoms with E-state index >= 15 is 0 Å². The van der Waals surface area contributed by atoms with Crippen LogP contribution in [-0.2, 0) is 9.59 Å². The Morgan fingerprint density at radius 1 is 1.20 bits per heavy atom. The van der Waals surface area contributed by atoms with Crippen molar-refractivity contribution in [2.45, 2.75) is 27.2 Å². The van der Waals surface area contributed by atoms with Gasteiger partial charge in [0.1, 0.15) is 5.82 Å². The number of benzene rings is 2. The Bertz CT molecular complexity index is 808. The van der Waals surface area contributed by atoms with E-state index in [0.717, 1.165) is 16.8 Å². The number of anilines is 2. The van der Waals surface area contributed by atoms with Gasteiger partial charge in [0.2, 0.25) is 11.8 Å². The smallest absolute Gasteiger partial charge is 0.226 e. The molecule has 0 aliphatic carbocycles. The van der Waals surface area contributed by atoms with Gasteiger partial charge in [0.15, 0.2) is 0 Å². The van der Waals surface area contributed by atoms with Gasteiger partial charge in [0, 0.05) is 31.3 Å². The van der Waals surface area contributed by atoms with Gasteiger partial charge < -0.3 is 10.2 Å².